The number of piperidine rings is 1. The fraction of sp³-hybridized carbons (Fsp3) is 0.615. The number of carbonyl (C=O) groups is 1. The third-order valence-corrected chi connectivity index (χ3v) is 3.53. The molecule has 0 amide bonds. The molecule has 2 N–H and O–H groups in total. The quantitative estimate of drug-likeness (QED) is 0.835. The zero-order chi connectivity index (χ0) is 13.0. The molecule has 0 radical (unpaired) electrons. The second kappa shape index (κ2) is 6.02. The number of nitrogens with zero attached hydrogens (tertiary/aromatic N) is 1. The summed E-state index contributed by atoms with van der Waals surface area (Å²) in [7, 11) is 0. The highest BCUT2D eigenvalue weighted by Crippen LogP contribution is 2.23. The summed E-state index contributed by atoms with van der Waals surface area (Å²) in [4.78, 5) is 13.2. The van der Waals surface area contributed by atoms with Gasteiger partial charge in [0.1, 0.15) is 11.3 Å². The van der Waals surface area contributed by atoms with Crippen molar-refractivity contribution in [2.24, 2.45) is 0 Å². The van der Waals surface area contributed by atoms with Crippen LogP contribution in [0, 0.1) is 0 Å². The Kier molecular flexibility index (Phi) is 4.38. The Morgan fingerprint density at radius 3 is 3.06 bits per heavy atom. The summed E-state index contributed by atoms with van der Waals surface area (Å²) in [6.45, 7) is 1.62. The Morgan fingerprint density at radius 2 is 2.33 bits per heavy atom. The van der Waals surface area contributed by atoms with Crippen LogP contribution in [0.3, 0.4) is 0 Å². The van der Waals surface area contributed by atoms with Crippen LogP contribution in [0.5, 0.6) is 0 Å². The summed E-state index contributed by atoms with van der Waals surface area (Å²) in [5.74, 6) is -0.443. The number of furan rings is 1. The van der Waals surface area contributed by atoms with Crippen molar-refractivity contribution in [2.75, 3.05) is 13.2 Å². The molecule has 1 aromatic heterocycles. The number of hydrogen-bond donors (Lipinski definition) is 2. The van der Waals surface area contributed by atoms with Gasteiger partial charge in [-0.3, -0.25) is 4.90 Å². The minimum absolute atomic E-state index is 0.172. The van der Waals surface area contributed by atoms with Gasteiger partial charge in [-0.25, -0.2) is 4.79 Å². The lowest BCUT2D eigenvalue weighted by Gasteiger charge is -2.34. The molecule has 0 aliphatic carbocycles. The van der Waals surface area contributed by atoms with E-state index in [1.807, 2.05) is 0 Å². The number of aromatic carboxylic acids is 1. The Morgan fingerprint density at radius 1 is 1.50 bits per heavy atom. The molecule has 1 aliphatic heterocycles. The first-order valence-electron chi connectivity index (χ1n) is 6.37. The Balaban J connectivity index is 2.06. The average Bonchev–Trinajstić information content (AvgIpc) is 2.80. The molecule has 1 saturated heterocycles. The molecule has 1 aromatic rings. The number of aliphatic hydroxyl groups is 1. The van der Waals surface area contributed by atoms with Crippen LogP contribution in [0.2, 0.25) is 0 Å². The predicted octanol–water partition coefficient (Wildman–Crippen LogP) is 1.71. The van der Waals surface area contributed by atoms with Crippen LogP contribution in [0.15, 0.2) is 16.7 Å². The fourth-order valence-electron chi connectivity index (χ4n) is 2.58. The molecule has 5 nitrogen and oxygen atoms in total. The van der Waals surface area contributed by atoms with E-state index in [0.717, 1.165) is 25.8 Å². The van der Waals surface area contributed by atoms with Gasteiger partial charge in [-0.15, -0.1) is 0 Å². The summed E-state index contributed by atoms with van der Waals surface area (Å²) in [6, 6.07) is 1.82. The molecule has 1 atom stereocenters. The molecule has 1 aliphatic rings. The Hall–Kier alpha value is -1.33. The minimum atomic E-state index is -0.950. The lowest BCUT2D eigenvalue weighted by Crippen LogP contribution is -2.39. The molecular weight excluding hydrogens is 234 g/mol. The molecule has 100 valence electrons. The summed E-state index contributed by atoms with van der Waals surface area (Å²) >= 11 is 0. The number of carboxylic acid groups (broad SMARTS) is 1. The third-order valence-electron chi connectivity index (χ3n) is 3.53. The summed E-state index contributed by atoms with van der Waals surface area (Å²) in [6.07, 6.45) is 5.51. The van der Waals surface area contributed by atoms with E-state index in [4.69, 9.17) is 14.6 Å². The van der Waals surface area contributed by atoms with Gasteiger partial charge in [-0.05, 0) is 31.9 Å². The second-order valence-corrected chi connectivity index (χ2v) is 4.69. The van der Waals surface area contributed by atoms with Gasteiger partial charge >= 0.3 is 5.97 Å². The van der Waals surface area contributed by atoms with Crippen molar-refractivity contribution in [1.82, 2.24) is 4.90 Å². The molecular formula is C13H19NO4. The van der Waals surface area contributed by atoms with Gasteiger partial charge in [0.05, 0.1) is 12.8 Å². The molecule has 2 heterocycles. The van der Waals surface area contributed by atoms with Crippen molar-refractivity contribution in [3.05, 3.63) is 23.7 Å². The van der Waals surface area contributed by atoms with Gasteiger partial charge in [-0.1, -0.05) is 6.42 Å². The predicted molar refractivity (Wildman–Crippen MR) is 65.4 cm³/mol. The van der Waals surface area contributed by atoms with E-state index < -0.39 is 5.97 Å². The maximum Gasteiger partial charge on any atom is 0.339 e. The monoisotopic (exact) mass is 253 g/mol. The first-order chi connectivity index (χ1) is 8.72. The van der Waals surface area contributed by atoms with Crippen LogP contribution in [0.4, 0.5) is 0 Å². The lowest BCUT2D eigenvalue weighted by atomic mass is 9.99. The maximum absolute atomic E-state index is 11.0. The van der Waals surface area contributed by atoms with E-state index >= 15 is 0 Å². The molecule has 0 aromatic carbocycles. The van der Waals surface area contributed by atoms with Gasteiger partial charge < -0.3 is 14.6 Å². The summed E-state index contributed by atoms with van der Waals surface area (Å²) < 4.78 is 5.27. The van der Waals surface area contributed by atoms with Crippen LogP contribution in [0.25, 0.3) is 0 Å². The second-order valence-electron chi connectivity index (χ2n) is 4.69. The molecule has 0 spiro atoms. The zero-order valence-electron chi connectivity index (χ0n) is 10.3. The van der Waals surface area contributed by atoms with Crippen molar-refractivity contribution in [1.29, 1.82) is 0 Å². The highest BCUT2D eigenvalue weighted by molar-refractivity contribution is 5.88. The van der Waals surface area contributed by atoms with E-state index in [9.17, 15) is 4.79 Å². The van der Waals surface area contributed by atoms with Gasteiger partial charge in [0, 0.05) is 12.6 Å². The van der Waals surface area contributed by atoms with Gasteiger partial charge in [0.25, 0.3) is 0 Å². The van der Waals surface area contributed by atoms with Crippen molar-refractivity contribution in [3.63, 3.8) is 0 Å². The van der Waals surface area contributed by atoms with Gasteiger partial charge in [0.2, 0.25) is 0 Å². The normalized spacial score (nSPS) is 21.1. The third kappa shape index (κ3) is 2.91. The number of rotatable bonds is 5. The molecule has 5 heteroatoms. The lowest BCUT2D eigenvalue weighted by molar-refractivity contribution is 0.0685. The number of hydrogen-bond acceptors (Lipinski definition) is 4. The summed E-state index contributed by atoms with van der Waals surface area (Å²) in [5.41, 5.74) is 0.239. The fourth-order valence-corrected chi connectivity index (χ4v) is 2.58. The summed E-state index contributed by atoms with van der Waals surface area (Å²) in [5, 5.41) is 18.1. The molecule has 1 unspecified atom stereocenters. The van der Waals surface area contributed by atoms with Crippen LogP contribution >= 0.6 is 0 Å². The number of likely N-dealkylation sites (tertiary alicyclic amines) is 1. The molecule has 2 rings (SSSR count). The Labute approximate surface area is 106 Å². The smallest absolute Gasteiger partial charge is 0.339 e. The van der Waals surface area contributed by atoms with Gasteiger partial charge in [-0.2, -0.15) is 0 Å². The topological polar surface area (TPSA) is 73.9 Å². The Bertz CT molecular complexity index is 399. The van der Waals surface area contributed by atoms with E-state index in [1.54, 1.807) is 0 Å². The van der Waals surface area contributed by atoms with E-state index in [2.05, 4.69) is 4.90 Å². The minimum Gasteiger partial charge on any atom is -0.478 e. The van der Waals surface area contributed by atoms with Crippen molar-refractivity contribution in [2.45, 2.75) is 38.3 Å². The first-order valence-corrected chi connectivity index (χ1v) is 6.37. The molecule has 0 bridgehead atoms. The molecule has 0 saturated carbocycles. The van der Waals surface area contributed by atoms with Crippen LogP contribution in [-0.2, 0) is 6.54 Å². The largest absolute Gasteiger partial charge is 0.478 e. The average molecular weight is 253 g/mol. The van der Waals surface area contributed by atoms with Crippen LogP contribution < -0.4 is 0 Å². The van der Waals surface area contributed by atoms with Crippen LogP contribution in [-0.4, -0.2) is 40.3 Å². The highest BCUT2D eigenvalue weighted by Gasteiger charge is 2.24. The van der Waals surface area contributed by atoms with Gasteiger partial charge in [0.15, 0.2) is 0 Å². The zero-order valence-corrected chi connectivity index (χ0v) is 10.3. The maximum atomic E-state index is 11.0. The van der Waals surface area contributed by atoms with Crippen LogP contribution in [0.1, 0.15) is 41.8 Å². The molecule has 18 heavy (non-hydrogen) atoms. The number of carboxylic acids is 1. The van der Waals surface area contributed by atoms with E-state index in [0.29, 0.717) is 18.3 Å². The first kappa shape index (κ1) is 13.1. The molecule has 1 fully saturated rings. The van der Waals surface area contributed by atoms with E-state index in [-0.39, 0.29) is 12.2 Å². The highest BCUT2D eigenvalue weighted by atomic mass is 16.4. The van der Waals surface area contributed by atoms with Crippen molar-refractivity contribution < 1.29 is 19.4 Å². The van der Waals surface area contributed by atoms with Crippen molar-refractivity contribution in [3.8, 4) is 0 Å². The number of aliphatic hydroxyl groups excluding tert-OH is 1. The SMILES string of the molecule is O=C(O)c1ccoc1CN1CCCCC1CCO. The van der Waals surface area contributed by atoms with E-state index in [1.165, 1.54) is 18.8 Å². The standard InChI is InChI=1S/C13H19NO4/c15-7-4-10-3-1-2-6-14(10)9-12-11(13(16)17)5-8-18-12/h5,8,10,15H,1-4,6-7,9H2,(H,16,17). The van der Waals surface area contributed by atoms with Crippen molar-refractivity contribution >= 4 is 5.97 Å².